The molecule has 0 bridgehead atoms. The van der Waals surface area contributed by atoms with Gasteiger partial charge >= 0.3 is 0 Å². The molecule has 3 nitrogen and oxygen atoms in total. The van der Waals surface area contributed by atoms with Crippen LogP contribution in [0.1, 0.15) is 30.2 Å². The van der Waals surface area contributed by atoms with E-state index in [1.807, 2.05) is 11.4 Å². The van der Waals surface area contributed by atoms with Gasteiger partial charge in [0.25, 0.3) is 0 Å². The molecule has 0 saturated heterocycles. The first kappa shape index (κ1) is 11.5. The van der Waals surface area contributed by atoms with Crippen molar-refractivity contribution in [2.45, 2.75) is 25.3 Å². The van der Waals surface area contributed by atoms with E-state index < -0.39 is 0 Å². The van der Waals surface area contributed by atoms with Gasteiger partial charge in [0, 0.05) is 17.3 Å². The molecular formula is C9H13ClN2OS. The Labute approximate surface area is 92.0 Å². The van der Waals surface area contributed by atoms with E-state index in [0.29, 0.717) is 17.9 Å². The van der Waals surface area contributed by atoms with Gasteiger partial charge < -0.3 is 11.5 Å². The van der Waals surface area contributed by atoms with Crippen LogP contribution < -0.4 is 11.5 Å². The molecule has 1 atom stereocenters. The zero-order valence-corrected chi connectivity index (χ0v) is 9.27. The highest BCUT2D eigenvalue weighted by Crippen LogP contribution is 2.29. The third-order valence-corrected chi connectivity index (χ3v) is 3.41. The zero-order chi connectivity index (χ0) is 10.6. The summed E-state index contributed by atoms with van der Waals surface area (Å²) in [5.74, 6) is -0.283. The lowest BCUT2D eigenvalue weighted by Crippen LogP contribution is -2.13. The molecule has 0 radical (unpaired) electrons. The summed E-state index contributed by atoms with van der Waals surface area (Å²) in [6, 6.07) is 1.75. The minimum absolute atomic E-state index is 0.0816. The second kappa shape index (κ2) is 5.34. The largest absolute Gasteiger partial charge is 0.370 e. The fourth-order valence-electron chi connectivity index (χ4n) is 1.20. The van der Waals surface area contributed by atoms with Gasteiger partial charge in [-0.05, 0) is 24.3 Å². The molecule has 0 spiro atoms. The van der Waals surface area contributed by atoms with Crippen molar-refractivity contribution in [3.8, 4) is 0 Å². The molecule has 1 aromatic heterocycles. The molecule has 1 unspecified atom stereocenters. The number of hydrogen-bond acceptors (Lipinski definition) is 3. The lowest BCUT2D eigenvalue weighted by molar-refractivity contribution is -0.118. The Hall–Kier alpha value is -0.580. The van der Waals surface area contributed by atoms with Crippen LogP contribution in [-0.2, 0) is 4.79 Å². The monoisotopic (exact) mass is 232 g/mol. The SMILES string of the molecule is NC(=O)CCCC(N)c1sccc1Cl. The Morgan fingerprint density at radius 1 is 1.64 bits per heavy atom. The van der Waals surface area contributed by atoms with E-state index >= 15 is 0 Å². The molecule has 0 aliphatic carbocycles. The van der Waals surface area contributed by atoms with E-state index in [1.54, 1.807) is 11.3 Å². The fraction of sp³-hybridized carbons (Fsp3) is 0.444. The summed E-state index contributed by atoms with van der Waals surface area (Å²) in [6.07, 6.45) is 1.84. The summed E-state index contributed by atoms with van der Waals surface area (Å²) in [6.45, 7) is 0. The first-order valence-electron chi connectivity index (χ1n) is 4.38. The molecular weight excluding hydrogens is 220 g/mol. The molecule has 0 saturated carbocycles. The summed E-state index contributed by atoms with van der Waals surface area (Å²) in [5, 5.41) is 2.62. The Kier molecular flexibility index (Phi) is 4.38. The number of primary amides is 1. The first-order chi connectivity index (χ1) is 6.61. The number of carbonyl (C=O) groups excluding carboxylic acids is 1. The van der Waals surface area contributed by atoms with Crippen LogP contribution in [0.4, 0.5) is 0 Å². The van der Waals surface area contributed by atoms with Gasteiger partial charge in [0.1, 0.15) is 0 Å². The van der Waals surface area contributed by atoms with E-state index in [2.05, 4.69) is 0 Å². The standard InChI is InChI=1S/C9H13ClN2OS/c10-6-4-5-14-9(6)7(11)2-1-3-8(12)13/h4-5,7H,1-3,11H2,(H2,12,13). The smallest absolute Gasteiger partial charge is 0.217 e. The van der Waals surface area contributed by atoms with Crippen molar-refractivity contribution < 1.29 is 4.79 Å². The van der Waals surface area contributed by atoms with E-state index in [0.717, 1.165) is 11.3 Å². The lowest BCUT2D eigenvalue weighted by atomic mass is 10.1. The summed E-state index contributed by atoms with van der Waals surface area (Å²) in [5.41, 5.74) is 10.9. The lowest BCUT2D eigenvalue weighted by Gasteiger charge is -2.08. The summed E-state index contributed by atoms with van der Waals surface area (Å²) in [4.78, 5) is 11.5. The van der Waals surface area contributed by atoms with Crippen LogP contribution in [-0.4, -0.2) is 5.91 Å². The van der Waals surface area contributed by atoms with Crippen molar-refractivity contribution in [1.29, 1.82) is 0 Å². The number of halogens is 1. The summed E-state index contributed by atoms with van der Waals surface area (Å²) >= 11 is 7.46. The number of hydrogen-bond donors (Lipinski definition) is 2. The van der Waals surface area contributed by atoms with E-state index in [9.17, 15) is 4.79 Å². The van der Waals surface area contributed by atoms with Crippen LogP contribution in [0.3, 0.4) is 0 Å². The molecule has 78 valence electrons. The van der Waals surface area contributed by atoms with Crippen molar-refractivity contribution in [3.63, 3.8) is 0 Å². The second-order valence-electron chi connectivity index (χ2n) is 3.10. The minimum atomic E-state index is -0.283. The zero-order valence-electron chi connectivity index (χ0n) is 7.70. The molecule has 1 amide bonds. The minimum Gasteiger partial charge on any atom is -0.370 e. The maximum atomic E-state index is 10.5. The molecule has 0 aliphatic heterocycles. The predicted octanol–water partition coefficient (Wildman–Crippen LogP) is 2.06. The number of rotatable bonds is 5. The highest BCUT2D eigenvalue weighted by molar-refractivity contribution is 7.10. The third kappa shape index (κ3) is 3.29. The van der Waals surface area contributed by atoms with Gasteiger partial charge in [0.2, 0.25) is 5.91 Å². The Morgan fingerprint density at radius 2 is 2.36 bits per heavy atom. The predicted molar refractivity (Wildman–Crippen MR) is 59.3 cm³/mol. The molecule has 0 fully saturated rings. The van der Waals surface area contributed by atoms with Gasteiger partial charge in [0.05, 0.1) is 5.02 Å². The molecule has 1 aromatic rings. The van der Waals surface area contributed by atoms with E-state index in [1.165, 1.54) is 0 Å². The van der Waals surface area contributed by atoms with Crippen molar-refractivity contribution in [3.05, 3.63) is 21.3 Å². The highest BCUT2D eigenvalue weighted by Gasteiger charge is 2.11. The van der Waals surface area contributed by atoms with E-state index in [4.69, 9.17) is 23.1 Å². The van der Waals surface area contributed by atoms with Crippen molar-refractivity contribution in [2.24, 2.45) is 11.5 Å². The number of nitrogens with two attached hydrogens (primary N) is 2. The van der Waals surface area contributed by atoms with Gasteiger partial charge in [-0.1, -0.05) is 11.6 Å². The number of carbonyl (C=O) groups is 1. The molecule has 14 heavy (non-hydrogen) atoms. The van der Waals surface area contributed by atoms with Gasteiger partial charge in [-0.25, -0.2) is 0 Å². The van der Waals surface area contributed by atoms with Crippen LogP contribution in [0.15, 0.2) is 11.4 Å². The van der Waals surface area contributed by atoms with Crippen LogP contribution in [0, 0.1) is 0 Å². The maximum absolute atomic E-state index is 10.5. The normalized spacial score (nSPS) is 12.7. The van der Waals surface area contributed by atoms with Crippen molar-refractivity contribution in [1.82, 2.24) is 0 Å². The van der Waals surface area contributed by atoms with Crippen molar-refractivity contribution in [2.75, 3.05) is 0 Å². The average molecular weight is 233 g/mol. The van der Waals surface area contributed by atoms with Crippen LogP contribution in [0.25, 0.3) is 0 Å². The topological polar surface area (TPSA) is 69.1 Å². The molecule has 5 heteroatoms. The fourth-order valence-corrected chi connectivity index (χ4v) is 2.43. The van der Waals surface area contributed by atoms with Crippen molar-refractivity contribution >= 4 is 28.8 Å². The average Bonchev–Trinajstić information content (AvgIpc) is 2.50. The Morgan fingerprint density at radius 3 is 2.86 bits per heavy atom. The summed E-state index contributed by atoms with van der Waals surface area (Å²) < 4.78 is 0. The second-order valence-corrected chi connectivity index (χ2v) is 4.45. The van der Waals surface area contributed by atoms with Gasteiger partial charge in [-0.2, -0.15) is 0 Å². The van der Waals surface area contributed by atoms with Crippen LogP contribution in [0.5, 0.6) is 0 Å². The Bertz CT molecular complexity index is 314. The van der Waals surface area contributed by atoms with Crippen LogP contribution >= 0.6 is 22.9 Å². The molecule has 1 rings (SSSR count). The van der Waals surface area contributed by atoms with Gasteiger partial charge in [-0.15, -0.1) is 11.3 Å². The number of thiophene rings is 1. The molecule has 0 aromatic carbocycles. The number of amides is 1. The molecule has 1 heterocycles. The highest BCUT2D eigenvalue weighted by atomic mass is 35.5. The van der Waals surface area contributed by atoms with Crippen LogP contribution in [0.2, 0.25) is 5.02 Å². The van der Waals surface area contributed by atoms with Gasteiger partial charge in [0.15, 0.2) is 0 Å². The maximum Gasteiger partial charge on any atom is 0.217 e. The Balaban J connectivity index is 2.39. The molecule has 0 aliphatic rings. The third-order valence-electron chi connectivity index (χ3n) is 1.92. The first-order valence-corrected chi connectivity index (χ1v) is 5.64. The molecule has 4 N–H and O–H groups in total. The quantitative estimate of drug-likeness (QED) is 0.816. The van der Waals surface area contributed by atoms with Gasteiger partial charge in [-0.3, -0.25) is 4.79 Å². The summed E-state index contributed by atoms with van der Waals surface area (Å²) in [7, 11) is 0. The van der Waals surface area contributed by atoms with E-state index in [-0.39, 0.29) is 11.9 Å².